The SMILES string of the molecule is CCC1CCCC(N[C@@H](C)CO)C1. The molecule has 1 saturated carbocycles. The van der Waals surface area contributed by atoms with Gasteiger partial charge in [-0.2, -0.15) is 0 Å². The van der Waals surface area contributed by atoms with Crippen LogP contribution in [0.25, 0.3) is 0 Å². The van der Waals surface area contributed by atoms with Crippen molar-refractivity contribution in [1.82, 2.24) is 5.32 Å². The molecule has 0 saturated heterocycles. The highest BCUT2D eigenvalue weighted by atomic mass is 16.3. The van der Waals surface area contributed by atoms with Gasteiger partial charge in [0.2, 0.25) is 0 Å². The Hall–Kier alpha value is -0.0800. The molecular weight excluding hydrogens is 162 g/mol. The summed E-state index contributed by atoms with van der Waals surface area (Å²) in [5.74, 6) is 0.914. The van der Waals surface area contributed by atoms with Gasteiger partial charge in [-0.3, -0.25) is 0 Å². The van der Waals surface area contributed by atoms with Gasteiger partial charge in [-0.05, 0) is 25.7 Å². The lowest BCUT2D eigenvalue weighted by Gasteiger charge is -2.31. The third kappa shape index (κ3) is 3.65. The van der Waals surface area contributed by atoms with Crippen molar-refractivity contribution in [3.8, 4) is 0 Å². The quantitative estimate of drug-likeness (QED) is 0.701. The molecule has 13 heavy (non-hydrogen) atoms. The molecule has 0 heterocycles. The van der Waals surface area contributed by atoms with Gasteiger partial charge in [-0.25, -0.2) is 0 Å². The Morgan fingerprint density at radius 1 is 1.46 bits per heavy atom. The molecule has 2 heteroatoms. The maximum Gasteiger partial charge on any atom is 0.0582 e. The van der Waals surface area contributed by atoms with E-state index in [-0.39, 0.29) is 12.6 Å². The third-order valence-corrected chi connectivity index (χ3v) is 3.15. The van der Waals surface area contributed by atoms with Gasteiger partial charge < -0.3 is 10.4 Å². The monoisotopic (exact) mass is 185 g/mol. The van der Waals surface area contributed by atoms with Gasteiger partial charge >= 0.3 is 0 Å². The molecule has 2 N–H and O–H groups in total. The highest BCUT2D eigenvalue weighted by Gasteiger charge is 2.21. The smallest absolute Gasteiger partial charge is 0.0582 e. The highest BCUT2D eigenvalue weighted by Crippen LogP contribution is 2.26. The number of hydrogen-bond donors (Lipinski definition) is 2. The highest BCUT2D eigenvalue weighted by molar-refractivity contribution is 4.79. The van der Waals surface area contributed by atoms with E-state index < -0.39 is 0 Å². The fraction of sp³-hybridized carbons (Fsp3) is 1.00. The molecule has 2 nitrogen and oxygen atoms in total. The molecule has 1 fully saturated rings. The molecule has 0 bridgehead atoms. The van der Waals surface area contributed by atoms with E-state index in [1.54, 1.807) is 0 Å². The van der Waals surface area contributed by atoms with Crippen molar-refractivity contribution in [3.63, 3.8) is 0 Å². The second kappa shape index (κ2) is 5.61. The lowest BCUT2D eigenvalue weighted by Crippen LogP contribution is -2.41. The summed E-state index contributed by atoms with van der Waals surface area (Å²) in [6.45, 7) is 4.59. The van der Waals surface area contributed by atoms with Crippen LogP contribution >= 0.6 is 0 Å². The Labute approximate surface area is 81.7 Å². The standard InChI is InChI=1S/C11H23NO/c1-3-10-5-4-6-11(7-10)12-9(2)8-13/h9-13H,3-8H2,1-2H3/t9-,10?,11?/m0/s1. The molecule has 0 aromatic rings. The van der Waals surface area contributed by atoms with Crippen molar-refractivity contribution in [1.29, 1.82) is 0 Å². The minimum atomic E-state index is 0.257. The molecule has 0 aromatic heterocycles. The maximum absolute atomic E-state index is 8.93. The van der Waals surface area contributed by atoms with E-state index in [1.807, 2.05) is 0 Å². The Kier molecular flexibility index (Phi) is 4.74. The zero-order valence-corrected chi connectivity index (χ0v) is 8.92. The molecule has 0 spiro atoms. The molecule has 0 aliphatic heterocycles. The van der Waals surface area contributed by atoms with E-state index >= 15 is 0 Å². The Bertz CT molecular complexity index is 136. The van der Waals surface area contributed by atoms with E-state index in [9.17, 15) is 0 Å². The van der Waals surface area contributed by atoms with E-state index in [2.05, 4.69) is 19.2 Å². The fourth-order valence-electron chi connectivity index (χ4n) is 2.27. The number of aliphatic hydroxyl groups is 1. The third-order valence-electron chi connectivity index (χ3n) is 3.15. The second-order valence-corrected chi connectivity index (χ2v) is 4.39. The van der Waals surface area contributed by atoms with E-state index in [1.165, 1.54) is 32.1 Å². The van der Waals surface area contributed by atoms with Gasteiger partial charge in [0.1, 0.15) is 0 Å². The first-order chi connectivity index (χ1) is 6.26. The first-order valence-electron chi connectivity index (χ1n) is 5.63. The number of rotatable bonds is 4. The zero-order chi connectivity index (χ0) is 9.68. The van der Waals surface area contributed by atoms with Crippen LogP contribution in [0, 0.1) is 5.92 Å². The summed E-state index contributed by atoms with van der Waals surface area (Å²) in [6, 6.07) is 0.918. The normalized spacial score (nSPS) is 31.6. The largest absolute Gasteiger partial charge is 0.395 e. The summed E-state index contributed by atoms with van der Waals surface area (Å²) in [7, 11) is 0. The number of nitrogens with one attached hydrogen (secondary N) is 1. The van der Waals surface area contributed by atoms with E-state index in [0.29, 0.717) is 6.04 Å². The first-order valence-corrected chi connectivity index (χ1v) is 5.63. The minimum absolute atomic E-state index is 0.257. The molecule has 2 unspecified atom stereocenters. The van der Waals surface area contributed by atoms with Gasteiger partial charge in [0.25, 0.3) is 0 Å². The summed E-state index contributed by atoms with van der Waals surface area (Å²) in [5, 5.41) is 12.4. The van der Waals surface area contributed by atoms with Crippen molar-refractivity contribution in [3.05, 3.63) is 0 Å². The fourth-order valence-corrected chi connectivity index (χ4v) is 2.27. The summed E-state index contributed by atoms with van der Waals surface area (Å²) in [6.07, 6.45) is 6.67. The lowest BCUT2D eigenvalue weighted by atomic mass is 9.84. The molecule has 78 valence electrons. The van der Waals surface area contributed by atoms with Crippen molar-refractivity contribution in [2.45, 2.75) is 58.0 Å². The van der Waals surface area contributed by atoms with E-state index in [0.717, 1.165) is 5.92 Å². The molecular formula is C11H23NO. The van der Waals surface area contributed by atoms with Gasteiger partial charge in [-0.1, -0.05) is 26.2 Å². The van der Waals surface area contributed by atoms with Crippen LogP contribution in [0.1, 0.15) is 46.0 Å². The Morgan fingerprint density at radius 2 is 2.23 bits per heavy atom. The van der Waals surface area contributed by atoms with Gasteiger partial charge in [-0.15, -0.1) is 0 Å². The average Bonchev–Trinajstić information content (AvgIpc) is 2.18. The van der Waals surface area contributed by atoms with Crippen LogP contribution in [0.3, 0.4) is 0 Å². The van der Waals surface area contributed by atoms with Crippen LogP contribution in [-0.2, 0) is 0 Å². The van der Waals surface area contributed by atoms with Crippen LogP contribution in [0.5, 0.6) is 0 Å². The van der Waals surface area contributed by atoms with Gasteiger partial charge in [0, 0.05) is 12.1 Å². The van der Waals surface area contributed by atoms with Crippen LogP contribution in [0.4, 0.5) is 0 Å². The summed E-state index contributed by atoms with van der Waals surface area (Å²) < 4.78 is 0. The predicted molar refractivity (Wildman–Crippen MR) is 55.7 cm³/mol. The average molecular weight is 185 g/mol. The molecule has 3 atom stereocenters. The van der Waals surface area contributed by atoms with E-state index in [4.69, 9.17) is 5.11 Å². The van der Waals surface area contributed by atoms with Gasteiger partial charge in [0.05, 0.1) is 6.61 Å². The molecule has 0 radical (unpaired) electrons. The molecule has 0 aromatic carbocycles. The topological polar surface area (TPSA) is 32.3 Å². The first kappa shape index (κ1) is 11.0. The van der Waals surface area contributed by atoms with Crippen LogP contribution in [-0.4, -0.2) is 23.8 Å². The van der Waals surface area contributed by atoms with Crippen molar-refractivity contribution in [2.75, 3.05) is 6.61 Å². The molecule has 1 rings (SSSR count). The summed E-state index contributed by atoms with van der Waals surface area (Å²) >= 11 is 0. The summed E-state index contributed by atoms with van der Waals surface area (Å²) in [4.78, 5) is 0. The number of hydrogen-bond acceptors (Lipinski definition) is 2. The predicted octanol–water partition coefficient (Wildman–Crippen LogP) is 1.93. The van der Waals surface area contributed by atoms with Crippen molar-refractivity contribution in [2.24, 2.45) is 5.92 Å². The summed E-state index contributed by atoms with van der Waals surface area (Å²) in [5.41, 5.74) is 0. The van der Waals surface area contributed by atoms with Crippen LogP contribution < -0.4 is 5.32 Å². The lowest BCUT2D eigenvalue weighted by molar-refractivity contribution is 0.210. The second-order valence-electron chi connectivity index (χ2n) is 4.39. The molecule has 1 aliphatic carbocycles. The van der Waals surface area contributed by atoms with Crippen molar-refractivity contribution < 1.29 is 5.11 Å². The zero-order valence-electron chi connectivity index (χ0n) is 8.92. The van der Waals surface area contributed by atoms with Crippen LogP contribution in [0.2, 0.25) is 0 Å². The molecule has 0 amide bonds. The maximum atomic E-state index is 8.93. The minimum Gasteiger partial charge on any atom is -0.395 e. The Morgan fingerprint density at radius 3 is 2.85 bits per heavy atom. The number of aliphatic hydroxyl groups excluding tert-OH is 1. The van der Waals surface area contributed by atoms with Crippen molar-refractivity contribution >= 4 is 0 Å². The van der Waals surface area contributed by atoms with Crippen LogP contribution in [0.15, 0.2) is 0 Å². The van der Waals surface area contributed by atoms with Gasteiger partial charge in [0.15, 0.2) is 0 Å². The Balaban J connectivity index is 2.25. The molecule has 1 aliphatic rings.